The normalized spacial score (nSPS) is 19.7. The van der Waals surface area contributed by atoms with Gasteiger partial charge in [-0.3, -0.25) is 0 Å². The third-order valence-corrected chi connectivity index (χ3v) is 4.45. The summed E-state index contributed by atoms with van der Waals surface area (Å²) in [5.41, 5.74) is 1.80. The van der Waals surface area contributed by atoms with E-state index in [0.717, 1.165) is 11.4 Å². The molecular weight excluding hydrogens is 232 g/mol. The summed E-state index contributed by atoms with van der Waals surface area (Å²) in [4.78, 5) is 0. The molecule has 1 aromatic carbocycles. The first kappa shape index (κ1) is 12.9. The molecule has 1 nitrogen and oxygen atoms in total. The Morgan fingerprint density at radius 3 is 2.41 bits per heavy atom. The van der Waals surface area contributed by atoms with Crippen LogP contribution < -0.4 is 0 Å². The second kappa shape index (κ2) is 5.41. The largest absolute Gasteiger partial charge is 0.396 e. The van der Waals surface area contributed by atoms with Crippen molar-refractivity contribution in [2.75, 3.05) is 6.61 Å². The molecule has 0 aliphatic heterocycles. The minimum atomic E-state index is 0.302. The zero-order valence-electron chi connectivity index (χ0n) is 10.5. The number of aliphatic hydroxyl groups is 1. The van der Waals surface area contributed by atoms with Crippen molar-refractivity contribution in [3.05, 3.63) is 34.9 Å². The van der Waals surface area contributed by atoms with E-state index in [9.17, 15) is 0 Å². The van der Waals surface area contributed by atoms with Crippen LogP contribution >= 0.6 is 11.6 Å². The van der Waals surface area contributed by atoms with Gasteiger partial charge in [0.05, 0.1) is 0 Å². The fourth-order valence-electron chi connectivity index (χ4n) is 2.70. The van der Waals surface area contributed by atoms with Crippen LogP contribution in [0.1, 0.15) is 44.6 Å². The second-order valence-electron chi connectivity index (χ2n) is 5.47. The van der Waals surface area contributed by atoms with E-state index >= 15 is 0 Å². The summed E-state index contributed by atoms with van der Waals surface area (Å²) in [6.07, 6.45) is 6.20. The Morgan fingerprint density at radius 2 is 1.94 bits per heavy atom. The molecule has 0 spiro atoms. The molecule has 17 heavy (non-hydrogen) atoms. The summed E-state index contributed by atoms with van der Waals surface area (Å²) in [5, 5.41) is 9.92. The molecule has 94 valence electrons. The molecule has 1 aliphatic rings. The van der Waals surface area contributed by atoms with Crippen molar-refractivity contribution in [1.29, 1.82) is 0 Å². The van der Waals surface area contributed by atoms with E-state index in [-0.39, 0.29) is 0 Å². The number of halogens is 1. The SMILES string of the molecule is CC(CO)CCC1(c2ccc(Cl)cc2)CCC1. The van der Waals surface area contributed by atoms with Crippen molar-refractivity contribution < 1.29 is 5.11 Å². The lowest BCUT2D eigenvalue weighted by Crippen LogP contribution is -2.34. The Labute approximate surface area is 109 Å². The lowest BCUT2D eigenvalue weighted by Gasteiger charge is -2.43. The summed E-state index contributed by atoms with van der Waals surface area (Å²) < 4.78 is 0. The van der Waals surface area contributed by atoms with Crippen LogP contribution in [0.4, 0.5) is 0 Å². The maximum absolute atomic E-state index is 9.11. The van der Waals surface area contributed by atoms with Crippen molar-refractivity contribution in [3.8, 4) is 0 Å². The molecule has 0 aromatic heterocycles. The summed E-state index contributed by atoms with van der Waals surface area (Å²) in [6.45, 7) is 2.42. The first-order valence-electron chi connectivity index (χ1n) is 6.53. The van der Waals surface area contributed by atoms with E-state index < -0.39 is 0 Å². The Morgan fingerprint density at radius 1 is 1.29 bits per heavy atom. The van der Waals surface area contributed by atoms with E-state index in [1.807, 2.05) is 12.1 Å². The fourth-order valence-corrected chi connectivity index (χ4v) is 2.83. The number of rotatable bonds is 5. The topological polar surface area (TPSA) is 20.2 Å². The number of hydrogen-bond donors (Lipinski definition) is 1. The average Bonchev–Trinajstić information content (AvgIpc) is 2.29. The third-order valence-electron chi connectivity index (χ3n) is 4.19. The van der Waals surface area contributed by atoms with E-state index in [4.69, 9.17) is 16.7 Å². The second-order valence-corrected chi connectivity index (χ2v) is 5.90. The Kier molecular flexibility index (Phi) is 4.11. The fraction of sp³-hybridized carbons (Fsp3) is 0.600. The van der Waals surface area contributed by atoms with Crippen LogP contribution in [-0.2, 0) is 5.41 Å². The number of benzene rings is 1. The molecule has 0 radical (unpaired) electrons. The van der Waals surface area contributed by atoms with Gasteiger partial charge >= 0.3 is 0 Å². The maximum atomic E-state index is 9.11. The summed E-state index contributed by atoms with van der Waals surface area (Å²) >= 11 is 5.94. The molecule has 2 heteroatoms. The zero-order chi connectivity index (χ0) is 12.3. The highest BCUT2D eigenvalue weighted by Crippen LogP contribution is 2.47. The smallest absolute Gasteiger partial charge is 0.0456 e. The van der Waals surface area contributed by atoms with Gasteiger partial charge in [0.15, 0.2) is 0 Å². The Balaban J connectivity index is 2.06. The van der Waals surface area contributed by atoms with Crippen LogP contribution in [0.5, 0.6) is 0 Å². The summed E-state index contributed by atoms with van der Waals surface area (Å²) in [5.74, 6) is 0.416. The van der Waals surface area contributed by atoms with Gasteiger partial charge in [0.2, 0.25) is 0 Å². The van der Waals surface area contributed by atoms with Crippen molar-refractivity contribution in [1.82, 2.24) is 0 Å². The van der Waals surface area contributed by atoms with Gasteiger partial charge in [0, 0.05) is 11.6 Å². The van der Waals surface area contributed by atoms with Crippen LogP contribution in [0, 0.1) is 5.92 Å². The molecule has 1 fully saturated rings. The highest BCUT2D eigenvalue weighted by atomic mass is 35.5. The van der Waals surface area contributed by atoms with Gasteiger partial charge in [-0.1, -0.05) is 37.1 Å². The summed E-state index contributed by atoms with van der Waals surface area (Å²) in [7, 11) is 0. The molecular formula is C15H21ClO. The quantitative estimate of drug-likeness (QED) is 0.834. The summed E-state index contributed by atoms with van der Waals surface area (Å²) in [6, 6.07) is 8.33. The molecule has 0 saturated heterocycles. The Bertz CT molecular complexity index is 354. The maximum Gasteiger partial charge on any atom is 0.0456 e. The molecule has 1 atom stereocenters. The standard InChI is InChI=1S/C15H21ClO/c1-12(11-17)7-10-15(8-2-9-15)13-3-5-14(16)6-4-13/h3-6,12,17H,2,7-11H2,1H3. The van der Waals surface area contributed by atoms with Crippen molar-refractivity contribution in [2.45, 2.75) is 44.4 Å². The lowest BCUT2D eigenvalue weighted by molar-refractivity contribution is 0.179. The highest BCUT2D eigenvalue weighted by molar-refractivity contribution is 6.30. The minimum absolute atomic E-state index is 0.302. The minimum Gasteiger partial charge on any atom is -0.396 e. The van der Waals surface area contributed by atoms with Gasteiger partial charge in [-0.2, -0.15) is 0 Å². The van der Waals surface area contributed by atoms with E-state index in [1.165, 1.54) is 31.2 Å². The van der Waals surface area contributed by atoms with Gasteiger partial charge in [0.25, 0.3) is 0 Å². The average molecular weight is 253 g/mol. The van der Waals surface area contributed by atoms with E-state index in [0.29, 0.717) is 17.9 Å². The highest BCUT2D eigenvalue weighted by Gasteiger charge is 2.38. The zero-order valence-corrected chi connectivity index (χ0v) is 11.2. The molecule has 1 saturated carbocycles. The van der Waals surface area contributed by atoms with Gasteiger partial charge in [-0.15, -0.1) is 0 Å². The van der Waals surface area contributed by atoms with Crippen LogP contribution in [-0.4, -0.2) is 11.7 Å². The van der Waals surface area contributed by atoms with Crippen LogP contribution in [0.15, 0.2) is 24.3 Å². The van der Waals surface area contributed by atoms with E-state index in [1.54, 1.807) is 0 Å². The van der Waals surface area contributed by atoms with Crippen LogP contribution in [0.25, 0.3) is 0 Å². The molecule has 1 N–H and O–H groups in total. The van der Waals surface area contributed by atoms with Crippen LogP contribution in [0.3, 0.4) is 0 Å². The molecule has 2 rings (SSSR count). The first-order chi connectivity index (χ1) is 8.16. The predicted molar refractivity (Wildman–Crippen MR) is 72.5 cm³/mol. The number of aliphatic hydroxyl groups excluding tert-OH is 1. The van der Waals surface area contributed by atoms with Gasteiger partial charge in [-0.25, -0.2) is 0 Å². The molecule has 0 amide bonds. The Hall–Kier alpha value is -0.530. The molecule has 0 heterocycles. The predicted octanol–water partition coefficient (Wildman–Crippen LogP) is 4.17. The van der Waals surface area contributed by atoms with Crippen LogP contribution in [0.2, 0.25) is 5.02 Å². The molecule has 1 aromatic rings. The van der Waals surface area contributed by atoms with Gasteiger partial charge < -0.3 is 5.11 Å². The molecule has 1 unspecified atom stereocenters. The molecule has 1 aliphatic carbocycles. The van der Waals surface area contributed by atoms with Crippen molar-refractivity contribution in [3.63, 3.8) is 0 Å². The van der Waals surface area contributed by atoms with Gasteiger partial charge in [-0.05, 0) is 54.7 Å². The van der Waals surface area contributed by atoms with E-state index in [2.05, 4.69) is 19.1 Å². The van der Waals surface area contributed by atoms with Crippen molar-refractivity contribution >= 4 is 11.6 Å². The number of hydrogen-bond acceptors (Lipinski definition) is 1. The molecule has 0 bridgehead atoms. The third kappa shape index (κ3) is 2.83. The van der Waals surface area contributed by atoms with Gasteiger partial charge in [0.1, 0.15) is 0 Å². The monoisotopic (exact) mass is 252 g/mol. The lowest BCUT2D eigenvalue weighted by atomic mass is 9.61. The first-order valence-corrected chi connectivity index (χ1v) is 6.91. The van der Waals surface area contributed by atoms with Crippen molar-refractivity contribution in [2.24, 2.45) is 5.92 Å².